The van der Waals surface area contributed by atoms with Crippen molar-refractivity contribution in [2.75, 3.05) is 5.75 Å². The van der Waals surface area contributed by atoms with Crippen LogP contribution in [-0.2, 0) is 7.05 Å². The van der Waals surface area contributed by atoms with Crippen LogP contribution in [0.4, 0.5) is 0 Å². The highest BCUT2D eigenvalue weighted by molar-refractivity contribution is 8.00. The maximum Gasteiger partial charge on any atom is 0.438 e. The standard InChI is InChI=1S/C14H14N4O3S/c1-7-8(2)10(5-15)13(16-9(7)3)22-6-11(19)12-14(20)21-17-18(12)4/h6H2,1-4H3/p+1. The molecule has 2 heterocycles. The number of carbonyl (C=O) groups excluding carboxylic acids is 1. The van der Waals surface area contributed by atoms with Gasteiger partial charge in [-0.1, -0.05) is 16.4 Å². The van der Waals surface area contributed by atoms with E-state index in [9.17, 15) is 14.9 Å². The SMILES string of the molecule is Cc1nc(SCC(=O)c2c(=O)o[nH][n+]2C)c(C#N)c(C)c1C. The lowest BCUT2D eigenvalue weighted by Crippen LogP contribution is -2.39. The number of aromatic amines is 1. The average molecular weight is 319 g/mol. The van der Waals surface area contributed by atoms with E-state index in [0.717, 1.165) is 28.6 Å². The van der Waals surface area contributed by atoms with Gasteiger partial charge in [0.15, 0.2) is 7.05 Å². The first-order valence-electron chi connectivity index (χ1n) is 6.48. The van der Waals surface area contributed by atoms with E-state index in [1.807, 2.05) is 20.8 Å². The Morgan fingerprint density at radius 2 is 2.09 bits per heavy atom. The van der Waals surface area contributed by atoms with E-state index in [1.165, 1.54) is 11.7 Å². The number of nitrogens with zero attached hydrogens (tertiary/aromatic N) is 3. The number of nitrogens with one attached hydrogen (secondary N) is 1. The summed E-state index contributed by atoms with van der Waals surface area (Å²) in [5.74, 6) is -0.385. The number of H-pyrrole nitrogens is 1. The van der Waals surface area contributed by atoms with Gasteiger partial charge in [-0.05, 0) is 37.2 Å². The lowest BCUT2D eigenvalue weighted by atomic mass is 10.1. The fourth-order valence-corrected chi connectivity index (χ4v) is 2.94. The molecule has 0 aromatic carbocycles. The van der Waals surface area contributed by atoms with E-state index in [-0.39, 0.29) is 17.2 Å². The molecule has 0 aliphatic carbocycles. The van der Waals surface area contributed by atoms with Gasteiger partial charge in [-0.25, -0.2) is 9.78 Å². The zero-order valence-electron chi connectivity index (χ0n) is 12.7. The molecular weight excluding hydrogens is 304 g/mol. The number of nitriles is 1. The molecule has 0 atom stereocenters. The van der Waals surface area contributed by atoms with Crippen LogP contribution >= 0.6 is 11.8 Å². The van der Waals surface area contributed by atoms with Gasteiger partial charge >= 0.3 is 11.3 Å². The minimum Gasteiger partial charge on any atom is -0.286 e. The number of ketones is 1. The third-order valence-electron chi connectivity index (χ3n) is 3.48. The molecule has 2 aromatic heterocycles. The molecule has 1 N–H and O–H groups in total. The summed E-state index contributed by atoms with van der Waals surface area (Å²) in [7, 11) is 1.52. The van der Waals surface area contributed by atoms with Gasteiger partial charge in [0, 0.05) is 5.69 Å². The number of rotatable bonds is 4. The van der Waals surface area contributed by atoms with Gasteiger partial charge in [-0.3, -0.25) is 9.32 Å². The Bertz CT molecular complexity index is 845. The van der Waals surface area contributed by atoms with Crippen molar-refractivity contribution >= 4 is 17.5 Å². The van der Waals surface area contributed by atoms with Gasteiger partial charge in [0.25, 0.3) is 0 Å². The number of aryl methyl sites for hydroxylation is 2. The summed E-state index contributed by atoms with van der Waals surface area (Å²) in [6.07, 6.45) is 0. The molecule has 0 saturated carbocycles. The molecule has 0 amide bonds. The zero-order chi connectivity index (χ0) is 16.4. The van der Waals surface area contributed by atoms with E-state index >= 15 is 0 Å². The topological polar surface area (TPSA) is 104 Å². The van der Waals surface area contributed by atoms with Gasteiger partial charge in [0.1, 0.15) is 11.1 Å². The van der Waals surface area contributed by atoms with Crippen LogP contribution < -0.4 is 10.3 Å². The number of thioether (sulfide) groups is 1. The van der Waals surface area contributed by atoms with Crippen LogP contribution in [0.25, 0.3) is 0 Å². The van der Waals surface area contributed by atoms with Crippen LogP contribution in [-0.4, -0.2) is 21.8 Å². The van der Waals surface area contributed by atoms with E-state index in [0.29, 0.717) is 10.6 Å². The molecule has 0 spiro atoms. The second kappa shape index (κ2) is 6.15. The van der Waals surface area contributed by atoms with Crippen LogP contribution in [0.3, 0.4) is 0 Å². The highest BCUT2D eigenvalue weighted by Gasteiger charge is 2.26. The van der Waals surface area contributed by atoms with Crippen molar-refractivity contribution in [2.24, 2.45) is 7.05 Å². The first-order valence-corrected chi connectivity index (χ1v) is 7.46. The smallest absolute Gasteiger partial charge is 0.286 e. The van der Waals surface area contributed by atoms with E-state index in [4.69, 9.17) is 0 Å². The molecule has 0 saturated heterocycles. The number of carbonyl (C=O) groups is 1. The van der Waals surface area contributed by atoms with Crippen LogP contribution in [0.5, 0.6) is 0 Å². The Balaban J connectivity index is 2.28. The zero-order valence-corrected chi connectivity index (χ0v) is 13.5. The van der Waals surface area contributed by atoms with Crippen molar-refractivity contribution in [2.45, 2.75) is 25.8 Å². The molecular formula is C14H15N4O3S+. The molecule has 0 radical (unpaired) electrons. The number of hydrogen-bond acceptors (Lipinski definition) is 6. The number of pyridine rings is 1. The first-order chi connectivity index (χ1) is 10.4. The largest absolute Gasteiger partial charge is 0.438 e. The monoisotopic (exact) mass is 319 g/mol. The fourth-order valence-electron chi connectivity index (χ4n) is 1.99. The molecule has 0 fully saturated rings. The predicted molar refractivity (Wildman–Crippen MR) is 78.7 cm³/mol. The highest BCUT2D eigenvalue weighted by Crippen LogP contribution is 2.26. The highest BCUT2D eigenvalue weighted by atomic mass is 32.2. The van der Waals surface area contributed by atoms with Crippen molar-refractivity contribution in [1.29, 1.82) is 5.26 Å². The minimum atomic E-state index is -0.710. The number of aromatic nitrogens is 3. The third kappa shape index (κ3) is 2.80. The van der Waals surface area contributed by atoms with Crippen LogP contribution in [0, 0.1) is 32.1 Å². The second-order valence-corrected chi connectivity index (χ2v) is 5.80. The van der Waals surface area contributed by atoms with E-state index in [2.05, 4.69) is 20.8 Å². The van der Waals surface area contributed by atoms with Crippen LogP contribution in [0.2, 0.25) is 0 Å². The maximum atomic E-state index is 12.1. The number of hydrogen-bond donors (Lipinski definition) is 1. The quantitative estimate of drug-likeness (QED) is 0.511. The molecule has 0 aliphatic rings. The molecule has 2 aromatic rings. The Morgan fingerprint density at radius 3 is 2.64 bits per heavy atom. The Labute approximate surface area is 130 Å². The minimum absolute atomic E-state index is 0.0000737. The van der Waals surface area contributed by atoms with Crippen molar-refractivity contribution in [3.63, 3.8) is 0 Å². The van der Waals surface area contributed by atoms with E-state index in [1.54, 1.807) is 0 Å². The molecule has 8 heteroatoms. The summed E-state index contributed by atoms with van der Waals surface area (Å²) in [6, 6.07) is 2.13. The predicted octanol–water partition coefficient (Wildman–Crippen LogP) is 0.959. The van der Waals surface area contributed by atoms with Gasteiger partial charge in [0.05, 0.1) is 11.3 Å². The maximum absolute atomic E-state index is 12.1. The van der Waals surface area contributed by atoms with Crippen molar-refractivity contribution in [1.82, 2.24) is 10.3 Å². The summed E-state index contributed by atoms with van der Waals surface area (Å²) < 4.78 is 5.78. The van der Waals surface area contributed by atoms with Gasteiger partial charge in [-0.2, -0.15) is 5.26 Å². The fraction of sp³-hybridized carbons (Fsp3) is 0.357. The van der Waals surface area contributed by atoms with E-state index < -0.39 is 5.63 Å². The van der Waals surface area contributed by atoms with Crippen molar-refractivity contribution in [3.05, 3.63) is 38.5 Å². The Hall–Kier alpha value is -2.40. The van der Waals surface area contributed by atoms with Crippen LogP contribution in [0.1, 0.15) is 32.9 Å². The summed E-state index contributed by atoms with van der Waals surface area (Å²) >= 11 is 1.14. The lowest BCUT2D eigenvalue weighted by molar-refractivity contribution is -0.741. The third-order valence-corrected chi connectivity index (χ3v) is 4.46. The molecule has 7 nitrogen and oxygen atoms in total. The van der Waals surface area contributed by atoms with Gasteiger partial charge in [0.2, 0.25) is 5.78 Å². The summed E-state index contributed by atoms with van der Waals surface area (Å²) in [4.78, 5) is 28.0. The van der Waals surface area contributed by atoms with Crippen LogP contribution in [0.15, 0.2) is 14.3 Å². The van der Waals surface area contributed by atoms with Crippen molar-refractivity contribution < 1.29 is 14.0 Å². The Morgan fingerprint density at radius 1 is 1.41 bits per heavy atom. The molecule has 2 rings (SSSR count). The molecule has 22 heavy (non-hydrogen) atoms. The second-order valence-electron chi connectivity index (χ2n) is 4.84. The normalized spacial score (nSPS) is 10.5. The van der Waals surface area contributed by atoms with Crippen molar-refractivity contribution in [3.8, 4) is 6.07 Å². The first kappa shape index (κ1) is 16.0. The lowest BCUT2D eigenvalue weighted by Gasteiger charge is -2.10. The summed E-state index contributed by atoms with van der Waals surface area (Å²) in [5, 5.41) is 12.1. The average Bonchev–Trinajstić information content (AvgIpc) is 2.81. The van der Waals surface area contributed by atoms with Gasteiger partial charge < -0.3 is 0 Å². The molecule has 0 aliphatic heterocycles. The number of Topliss-reactive ketones (excluding diaryl/α,β-unsaturated/α-hetero) is 1. The molecule has 114 valence electrons. The molecule has 0 unspecified atom stereocenters. The Kier molecular flexibility index (Phi) is 4.47. The van der Waals surface area contributed by atoms with Gasteiger partial charge in [-0.15, -0.1) is 0 Å². The summed E-state index contributed by atoms with van der Waals surface area (Å²) in [5.41, 5.74) is 2.33. The molecule has 0 bridgehead atoms. The summed E-state index contributed by atoms with van der Waals surface area (Å²) in [6.45, 7) is 5.62.